The first-order valence-corrected chi connectivity index (χ1v) is 9.07. The second-order valence-corrected chi connectivity index (χ2v) is 7.08. The van der Waals surface area contributed by atoms with Gasteiger partial charge in [-0.1, -0.05) is 13.8 Å². The Morgan fingerprint density at radius 3 is 1.72 bits per heavy atom. The number of carbonyl (C=O) groups excluding carboxylic acids is 3. The van der Waals surface area contributed by atoms with Gasteiger partial charge in [-0.2, -0.15) is 0 Å². The Hall–Kier alpha value is -2.73. The number of carboxylic acid groups (broad SMARTS) is 2. The second kappa shape index (κ2) is 12.0. The molecule has 5 unspecified atom stereocenters. The Kier molecular flexibility index (Phi) is 10.8. The highest BCUT2D eigenvalue weighted by Gasteiger charge is 2.32. The molecule has 0 saturated heterocycles. The maximum atomic E-state index is 12.6. The normalized spacial score (nSPS) is 16.1. The van der Waals surface area contributed by atoms with E-state index in [0.29, 0.717) is 0 Å². The number of nitrogens with two attached hydrogens (primary N) is 1. The Bertz CT molecular complexity index is 621. The Labute approximate surface area is 168 Å². The molecule has 0 bridgehead atoms. The zero-order valence-electron chi connectivity index (χ0n) is 16.8. The zero-order chi connectivity index (χ0) is 22.9. The quantitative estimate of drug-likeness (QED) is 0.183. The fourth-order valence-corrected chi connectivity index (χ4v) is 2.26. The van der Waals surface area contributed by atoms with Crippen LogP contribution in [0.3, 0.4) is 0 Å². The first kappa shape index (κ1) is 26.3. The summed E-state index contributed by atoms with van der Waals surface area (Å²) < 4.78 is 0. The van der Waals surface area contributed by atoms with Gasteiger partial charge in [0.05, 0.1) is 12.1 Å². The molecule has 3 amide bonds. The maximum absolute atomic E-state index is 12.6. The lowest BCUT2D eigenvalue weighted by molar-refractivity contribution is -0.145. The Morgan fingerprint density at radius 1 is 0.828 bits per heavy atom. The molecule has 0 spiro atoms. The summed E-state index contributed by atoms with van der Waals surface area (Å²) in [6.45, 7) is 5.87. The highest BCUT2D eigenvalue weighted by molar-refractivity contribution is 5.94. The molecule has 5 atom stereocenters. The second-order valence-electron chi connectivity index (χ2n) is 7.08. The van der Waals surface area contributed by atoms with E-state index in [2.05, 4.69) is 16.0 Å². The number of nitrogens with one attached hydrogen (secondary N) is 3. The summed E-state index contributed by atoms with van der Waals surface area (Å²) in [5.41, 5.74) is 5.47. The topological polar surface area (TPSA) is 208 Å². The van der Waals surface area contributed by atoms with E-state index in [4.69, 9.17) is 15.9 Å². The van der Waals surface area contributed by atoms with Crippen molar-refractivity contribution in [3.8, 4) is 0 Å². The third kappa shape index (κ3) is 9.34. The summed E-state index contributed by atoms with van der Waals surface area (Å²) in [4.78, 5) is 58.9. The molecule has 0 fully saturated rings. The van der Waals surface area contributed by atoms with Crippen LogP contribution in [-0.4, -0.2) is 75.3 Å². The monoisotopic (exact) mass is 418 g/mol. The molecule has 0 heterocycles. The van der Waals surface area contributed by atoms with E-state index in [0.717, 1.165) is 6.92 Å². The van der Waals surface area contributed by atoms with E-state index < -0.39 is 66.4 Å². The molecule has 0 rings (SSSR count). The molecular formula is C17H30N4O8. The van der Waals surface area contributed by atoms with Crippen LogP contribution in [0.25, 0.3) is 0 Å². The number of rotatable bonds is 12. The Morgan fingerprint density at radius 2 is 1.34 bits per heavy atom. The SMILES string of the molecule is CC(N)C(=O)NC(C(=O)NC(CCC(=O)O)C(=O)NC(C(=O)O)C(C)O)C(C)C. The van der Waals surface area contributed by atoms with Gasteiger partial charge in [-0.3, -0.25) is 19.2 Å². The molecule has 0 aliphatic rings. The summed E-state index contributed by atoms with van der Waals surface area (Å²) >= 11 is 0. The number of carboxylic acids is 2. The van der Waals surface area contributed by atoms with Crippen molar-refractivity contribution < 1.29 is 39.3 Å². The summed E-state index contributed by atoms with van der Waals surface area (Å²) in [5, 5.41) is 34.3. The number of aliphatic hydroxyl groups is 1. The smallest absolute Gasteiger partial charge is 0.328 e. The Balaban J connectivity index is 5.44. The van der Waals surface area contributed by atoms with E-state index >= 15 is 0 Å². The first-order valence-electron chi connectivity index (χ1n) is 9.07. The summed E-state index contributed by atoms with van der Waals surface area (Å²) in [6, 6.07) is -4.98. The van der Waals surface area contributed by atoms with Crippen LogP contribution in [0.2, 0.25) is 0 Å². The van der Waals surface area contributed by atoms with Gasteiger partial charge in [-0.05, 0) is 26.2 Å². The summed E-state index contributed by atoms with van der Waals surface area (Å²) in [6.07, 6.45) is -2.24. The molecule has 166 valence electrons. The average molecular weight is 418 g/mol. The molecular weight excluding hydrogens is 388 g/mol. The van der Waals surface area contributed by atoms with Crippen LogP contribution < -0.4 is 21.7 Å². The molecule has 0 aliphatic heterocycles. The molecule has 0 aromatic heterocycles. The predicted molar refractivity (Wildman–Crippen MR) is 100 cm³/mol. The minimum Gasteiger partial charge on any atom is -0.481 e. The molecule has 12 nitrogen and oxygen atoms in total. The van der Waals surface area contributed by atoms with Crippen molar-refractivity contribution in [3.63, 3.8) is 0 Å². The minimum absolute atomic E-state index is 0.328. The molecule has 0 saturated carbocycles. The van der Waals surface area contributed by atoms with Crippen LogP contribution >= 0.6 is 0 Å². The lowest BCUT2D eigenvalue weighted by Crippen LogP contribution is -2.59. The van der Waals surface area contributed by atoms with Gasteiger partial charge in [-0.25, -0.2) is 4.79 Å². The predicted octanol–water partition coefficient (Wildman–Crippen LogP) is -2.23. The zero-order valence-corrected chi connectivity index (χ0v) is 16.8. The first-order chi connectivity index (χ1) is 13.3. The van der Waals surface area contributed by atoms with Gasteiger partial charge in [0, 0.05) is 6.42 Å². The molecule has 29 heavy (non-hydrogen) atoms. The van der Waals surface area contributed by atoms with Crippen LogP contribution in [0.15, 0.2) is 0 Å². The fraction of sp³-hybridized carbons (Fsp3) is 0.706. The van der Waals surface area contributed by atoms with Gasteiger partial charge < -0.3 is 37.0 Å². The number of aliphatic carboxylic acids is 2. The van der Waals surface area contributed by atoms with Crippen molar-refractivity contribution in [2.24, 2.45) is 11.7 Å². The van der Waals surface area contributed by atoms with Crippen LogP contribution in [0.5, 0.6) is 0 Å². The molecule has 0 radical (unpaired) electrons. The largest absolute Gasteiger partial charge is 0.481 e. The summed E-state index contributed by atoms with van der Waals surface area (Å²) in [5.74, 6) is -5.44. The lowest BCUT2D eigenvalue weighted by atomic mass is 10.0. The van der Waals surface area contributed by atoms with Crippen LogP contribution in [-0.2, 0) is 24.0 Å². The van der Waals surface area contributed by atoms with E-state index in [1.54, 1.807) is 13.8 Å². The molecule has 8 N–H and O–H groups in total. The maximum Gasteiger partial charge on any atom is 0.328 e. The average Bonchev–Trinajstić information content (AvgIpc) is 2.58. The van der Waals surface area contributed by atoms with Gasteiger partial charge in [0.1, 0.15) is 12.1 Å². The number of hydrogen-bond acceptors (Lipinski definition) is 7. The molecule has 0 aromatic carbocycles. The van der Waals surface area contributed by atoms with Crippen molar-refractivity contribution in [1.29, 1.82) is 0 Å². The van der Waals surface area contributed by atoms with Crippen LogP contribution in [0.1, 0.15) is 40.5 Å². The van der Waals surface area contributed by atoms with Gasteiger partial charge in [0.15, 0.2) is 6.04 Å². The number of hydrogen-bond donors (Lipinski definition) is 7. The van der Waals surface area contributed by atoms with Crippen molar-refractivity contribution >= 4 is 29.7 Å². The minimum atomic E-state index is -1.65. The van der Waals surface area contributed by atoms with Gasteiger partial charge in [0.25, 0.3) is 0 Å². The van der Waals surface area contributed by atoms with Crippen molar-refractivity contribution in [2.45, 2.75) is 70.8 Å². The van der Waals surface area contributed by atoms with E-state index in [9.17, 15) is 29.1 Å². The van der Waals surface area contributed by atoms with E-state index in [1.807, 2.05) is 0 Å². The van der Waals surface area contributed by atoms with Gasteiger partial charge >= 0.3 is 11.9 Å². The van der Waals surface area contributed by atoms with Crippen LogP contribution in [0.4, 0.5) is 0 Å². The van der Waals surface area contributed by atoms with Crippen molar-refractivity contribution in [1.82, 2.24) is 16.0 Å². The third-order valence-electron chi connectivity index (χ3n) is 3.99. The van der Waals surface area contributed by atoms with Gasteiger partial charge in [-0.15, -0.1) is 0 Å². The molecule has 0 aromatic rings. The number of aliphatic hydroxyl groups excluding tert-OH is 1. The van der Waals surface area contributed by atoms with E-state index in [-0.39, 0.29) is 12.3 Å². The number of carbonyl (C=O) groups is 5. The standard InChI is InChI=1S/C17H30N4O8/c1-7(2)12(20-14(25)8(3)18)16(27)19-10(5-6-11(23)24)15(26)21-13(9(4)22)17(28)29/h7-10,12-13,22H,5-6,18H2,1-4H3,(H,19,27)(H,20,25)(H,21,26)(H,23,24)(H,28,29). The number of amides is 3. The van der Waals surface area contributed by atoms with Crippen molar-refractivity contribution in [3.05, 3.63) is 0 Å². The molecule has 12 heteroatoms. The van der Waals surface area contributed by atoms with Crippen LogP contribution in [0, 0.1) is 5.92 Å². The summed E-state index contributed by atoms with van der Waals surface area (Å²) in [7, 11) is 0. The van der Waals surface area contributed by atoms with Crippen molar-refractivity contribution in [2.75, 3.05) is 0 Å². The molecule has 0 aliphatic carbocycles. The van der Waals surface area contributed by atoms with E-state index in [1.165, 1.54) is 6.92 Å². The fourth-order valence-electron chi connectivity index (χ4n) is 2.26. The lowest BCUT2D eigenvalue weighted by Gasteiger charge is -2.26. The highest BCUT2D eigenvalue weighted by atomic mass is 16.4. The highest BCUT2D eigenvalue weighted by Crippen LogP contribution is 2.06. The van der Waals surface area contributed by atoms with Gasteiger partial charge in [0.2, 0.25) is 17.7 Å². The third-order valence-corrected chi connectivity index (χ3v) is 3.99.